The van der Waals surface area contributed by atoms with Crippen LogP contribution in [0.25, 0.3) is 11.0 Å². The maximum atomic E-state index is 14.1. The molecule has 0 spiro atoms. The van der Waals surface area contributed by atoms with Crippen LogP contribution in [-0.4, -0.2) is 123 Å². The lowest BCUT2D eigenvalue weighted by Gasteiger charge is -2.36. The highest BCUT2D eigenvalue weighted by Gasteiger charge is 2.33. The Bertz CT molecular complexity index is 2010. The molecule has 3 N–H and O–H groups in total. The Kier molecular flexibility index (Phi) is 11.2. The lowest BCUT2D eigenvalue weighted by atomic mass is 9.89. The third kappa shape index (κ3) is 8.16. The summed E-state index contributed by atoms with van der Waals surface area (Å²) in [6, 6.07) is 11.7. The van der Waals surface area contributed by atoms with Gasteiger partial charge in [0.05, 0.1) is 20.0 Å². The Labute approximate surface area is 324 Å². The minimum Gasteiger partial charge on any atom is -0.506 e. The van der Waals surface area contributed by atoms with E-state index in [9.17, 15) is 24.3 Å². The molecule has 5 heterocycles. The van der Waals surface area contributed by atoms with Crippen molar-refractivity contribution in [3.05, 3.63) is 91.0 Å². The number of halogens is 2. The second-order valence-electron chi connectivity index (χ2n) is 14.3. The first-order valence-corrected chi connectivity index (χ1v) is 19.8. The van der Waals surface area contributed by atoms with Crippen LogP contribution in [0.1, 0.15) is 59.1 Å². The van der Waals surface area contributed by atoms with E-state index in [1.807, 2.05) is 35.0 Å². The minimum absolute atomic E-state index is 0.0372. The number of amides is 4. The van der Waals surface area contributed by atoms with Gasteiger partial charge < -0.3 is 35.0 Å². The molecule has 2 aromatic heterocycles. The topological polar surface area (TPSA) is 147 Å². The molecule has 4 aromatic rings. The van der Waals surface area contributed by atoms with E-state index >= 15 is 0 Å². The van der Waals surface area contributed by atoms with E-state index in [2.05, 4.69) is 52.0 Å². The average molecular weight is 853 g/mol. The number of aromatic amines is 1. The molecule has 0 radical (unpaired) electrons. The van der Waals surface area contributed by atoms with E-state index in [0.29, 0.717) is 78.1 Å². The first-order chi connectivity index (χ1) is 25.5. The summed E-state index contributed by atoms with van der Waals surface area (Å²) in [5, 5.41) is 13.3. The van der Waals surface area contributed by atoms with Gasteiger partial charge in [0.15, 0.2) is 0 Å². The predicted molar refractivity (Wildman–Crippen MR) is 208 cm³/mol. The zero-order valence-corrected chi connectivity index (χ0v) is 32.8. The minimum atomic E-state index is -0.819. The van der Waals surface area contributed by atoms with Gasteiger partial charge in [-0.05, 0) is 124 Å². The Morgan fingerprint density at radius 3 is 2.17 bits per heavy atom. The highest BCUT2D eigenvalue weighted by Crippen LogP contribution is 2.34. The Balaban J connectivity index is 1.01. The summed E-state index contributed by atoms with van der Waals surface area (Å²) in [5.41, 5.74) is 3.66. The van der Waals surface area contributed by atoms with Crippen LogP contribution < -0.4 is 11.0 Å². The van der Waals surface area contributed by atoms with Gasteiger partial charge in [0, 0.05) is 82.8 Å². The van der Waals surface area contributed by atoms with Crippen LogP contribution >= 0.6 is 31.9 Å². The first kappa shape index (κ1) is 37.1. The number of urea groups is 1. The van der Waals surface area contributed by atoms with Crippen molar-refractivity contribution in [3.63, 3.8) is 0 Å². The van der Waals surface area contributed by atoms with E-state index in [1.165, 1.54) is 5.56 Å². The molecule has 3 fully saturated rings. The normalized spacial score (nSPS) is 18.4. The third-order valence-corrected chi connectivity index (χ3v) is 12.2. The number of hydrogen-bond acceptors (Lipinski definition) is 7. The number of carbonyl (C=O) groups excluding carboxylic acids is 3. The smallest absolute Gasteiger partial charge is 0.326 e. The number of imidazole rings is 1. The standard InChI is InChI=1S/C38H44Br2N8O5/c1-44-16-18-46(19-17-44)35(50)27-2-3-33-31(23-27)42-38(53)48(33)28-8-14-47(15-9-28)37(52)43-32(22-24-20-29(39)34(49)30(40)21-24)36(51)45-12-6-26(7-13-45)25-4-10-41-11-5-25/h2-5,10-11,20-21,23,26,28,32,49H,6-9,12-19,22H2,1H3,(H,42,53)(H,43,52)/t32-/m1/s1. The van der Waals surface area contributed by atoms with Crippen LogP contribution in [0.5, 0.6) is 5.75 Å². The van der Waals surface area contributed by atoms with Crippen molar-refractivity contribution in [2.24, 2.45) is 0 Å². The molecule has 0 aliphatic carbocycles. The summed E-state index contributed by atoms with van der Waals surface area (Å²) < 4.78 is 2.73. The summed E-state index contributed by atoms with van der Waals surface area (Å²) in [6.07, 6.45) is 6.59. The number of nitrogens with one attached hydrogen (secondary N) is 2. The van der Waals surface area contributed by atoms with Gasteiger partial charge in [-0.3, -0.25) is 19.1 Å². The predicted octanol–water partition coefficient (Wildman–Crippen LogP) is 4.71. The lowest BCUT2D eigenvalue weighted by molar-refractivity contribution is -0.134. The van der Waals surface area contributed by atoms with Crippen LogP contribution in [0.3, 0.4) is 0 Å². The van der Waals surface area contributed by atoms with E-state index in [0.717, 1.165) is 37.0 Å². The number of rotatable bonds is 7. The molecule has 15 heteroatoms. The van der Waals surface area contributed by atoms with E-state index in [1.54, 1.807) is 46.1 Å². The highest BCUT2D eigenvalue weighted by molar-refractivity contribution is 9.11. The number of fused-ring (bicyclic) bond motifs is 1. The van der Waals surface area contributed by atoms with Gasteiger partial charge in [0.25, 0.3) is 5.91 Å². The molecule has 1 atom stereocenters. The van der Waals surface area contributed by atoms with Crippen molar-refractivity contribution in [1.29, 1.82) is 0 Å². The van der Waals surface area contributed by atoms with Gasteiger partial charge in [-0.15, -0.1) is 0 Å². The van der Waals surface area contributed by atoms with Gasteiger partial charge in [-0.2, -0.15) is 0 Å². The molecule has 13 nitrogen and oxygen atoms in total. The van der Waals surface area contributed by atoms with Crippen molar-refractivity contribution < 1.29 is 19.5 Å². The van der Waals surface area contributed by atoms with Gasteiger partial charge in [-0.25, -0.2) is 9.59 Å². The number of aromatic nitrogens is 3. The van der Waals surface area contributed by atoms with Crippen LogP contribution in [0.15, 0.2) is 68.6 Å². The number of likely N-dealkylation sites (N-methyl/N-ethyl adjacent to an activating group) is 1. The zero-order chi connectivity index (χ0) is 37.2. The molecule has 0 saturated carbocycles. The molecule has 0 bridgehead atoms. The molecule has 280 valence electrons. The highest BCUT2D eigenvalue weighted by atomic mass is 79.9. The fourth-order valence-electron chi connectivity index (χ4n) is 7.85. The number of piperidine rings is 2. The summed E-state index contributed by atoms with van der Waals surface area (Å²) in [7, 11) is 2.05. The molecule has 3 aliphatic heterocycles. The molecular formula is C38H44Br2N8O5. The van der Waals surface area contributed by atoms with Gasteiger partial charge in [0.1, 0.15) is 11.8 Å². The number of aromatic hydroxyl groups is 1. The summed E-state index contributed by atoms with van der Waals surface area (Å²) >= 11 is 6.78. The van der Waals surface area contributed by atoms with Crippen molar-refractivity contribution in [1.82, 2.24) is 39.5 Å². The van der Waals surface area contributed by atoms with E-state index in [4.69, 9.17) is 0 Å². The van der Waals surface area contributed by atoms with Gasteiger partial charge in [0.2, 0.25) is 5.91 Å². The van der Waals surface area contributed by atoms with Crippen LogP contribution in [-0.2, 0) is 11.2 Å². The summed E-state index contributed by atoms with van der Waals surface area (Å²) in [5.74, 6) is 0.231. The first-order valence-electron chi connectivity index (χ1n) is 18.2. The third-order valence-electron chi connectivity index (χ3n) is 11.0. The number of benzene rings is 2. The quantitative estimate of drug-likeness (QED) is 0.244. The van der Waals surface area contributed by atoms with Crippen molar-refractivity contribution in [2.45, 2.75) is 50.1 Å². The molecule has 7 rings (SSSR count). The van der Waals surface area contributed by atoms with Crippen molar-refractivity contribution in [2.75, 3.05) is 59.4 Å². The van der Waals surface area contributed by atoms with E-state index < -0.39 is 6.04 Å². The number of pyridine rings is 1. The maximum absolute atomic E-state index is 14.1. The Hall–Kier alpha value is -4.21. The molecule has 2 aromatic carbocycles. The van der Waals surface area contributed by atoms with Crippen molar-refractivity contribution in [3.8, 4) is 5.75 Å². The Morgan fingerprint density at radius 1 is 0.868 bits per heavy atom. The maximum Gasteiger partial charge on any atom is 0.326 e. The fourth-order valence-corrected chi connectivity index (χ4v) is 9.13. The van der Waals surface area contributed by atoms with Gasteiger partial charge >= 0.3 is 11.7 Å². The number of H-pyrrole nitrogens is 1. The zero-order valence-electron chi connectivity index (χ0n) is 29.6. The van der Waals surface area contributed by atoms with Crippen LogP contribution in [0.2, 0.25) is 0 Å². The SMILES string of the molecule is CN1CCN(C(=O)c2ccc3c(c2)[nH]c(=O)n3C2CCN(C(=O)N[C@H](Cc3cc(Br)c(O)c(Br)c3)C(=O)N3CCC(c4ccncc4)CC3)CC2)CC1. The number of hydrogen-bond donors (Lipinski definition) is 3. The second kappa shape index (κ2) is 16.0. The molecule has 4 amide bonds. The van der Waals surface area contributed by atoms with Crippen LogP contribution in [0.4, 0.5) is 4.79 Å². The number of phenols is 1. The number of piperazine rings is 1. The molecular weight excluding hydrogens is 808 g/mol. The average Bonchev–Trinajstić information content (AvgIpc) is 3.51. The summed E-state index contributed by atoms with van der Waals surface area (Å²) in [4.78, 5) is 69.0. The van der Waals surface area contributed by atoms with Gasteiger partial charge in [-0.1, -0.05) is 0 Å². The number of likely N-dealkylation sites (tertiary alicyclic amines) is 2. The fraction of sp³-hybridized carbons (Fsp3) is 0.447. The number of phenolic OH excluding ortho intramolecular Hbond substituents is 1. The van der Waals surface area contributed by atoms with Crippen LogP contribution in [0, 0.1) is 0 Å². The number of carbonyl (C=O) groups is 3. The second-order valence-corrected chi connectivity index (χ2v) is 16.0. The number of nitrogens with zero attached hydrogens (tertiary/aromatic N) is 6. The molecule has 0 unspecified atom stereocenters. The lowest BCUT2D eigenvalue weighted by Crippen LogP contribution is -2.55. The summed E-state index contributed by atoms with van der Waals surface area (Å²) in [6.45, 7) is 4.97. The largest absolute Gasteiger partial charge is 0.506 e. The molecule has 3 aliphatic rings. The van der Waals surface area contributed by atoms with E-state index in [-0.39, 0.29) is 41.7 Å². The molecule has 3 saturated heterocycles. The monoisotopic (exact) mass is 850 g/mol. The molecule has 53 heavy (non-hydrogen) atoms. The Morgan fingerprint density at radius 2 is 1.51 bits per heavy atom. The van der Waals surface area contributed by atoms with Crippen molar-refractivity contribution >= 4 is 60.7 Å².